The average molecular weight is 419 g/mol. The van der Waals surface area contributed by atoms with E-state index in [-0.39, 0.29) is 6.10 Å². The Kier molecular flexibility index (Phi) is 18.1. The minimum atomic E-state index is -0.286. The molecule has 0 fully saturated rings. The van der Waals surface area contributed by atoms with Crippen molar-refractivity contribution in [3.05, 3.63) is 35.9 Å². The SMILES string of the molecule is NCCC(N)CCCCCCCCCCCCCCCCCC(O)c1ccccc1. The van der Waals surface area contributed by atoms with E-state index in [1.54, 1.807) is 0 Å². The van der Waals surface area contributed by atoms with E-state index in [0.29, 0.717) is 6.04 Å². The van der Waals surface area contributed by atoms with E-state index < -0.39 is 0 Å². The summed E-state index contributed by atoms with van der Waals surface area (Å²) < 4.78 is 0. The third kappa shape index (κ3) is 15.9. The second kappa shape index (κ2) is 20.0. The summed E-state index contributed by atoms with van der Waals surface area (Å²) >= 11 is 0. The fourth-order valence-corrected chi connectivity index (χ4v) is 4.24. The third-order valence-corrected chi connectivity index (χ3v) is 6.27. The van der Waals surface area contributed by atoms with Crippen molar-refractivity contribution in [2.45, 2.75) is 128 Å². The molecule has 0 aromatic heterocycles. The smallest absolute Gasteiger partial charge is 0.0790 e. The molecule has 1 aromatic carbocycles. The lowest BCUT2D eigenvalue weighted by atomic mass is 10.0. The molecule has 0 saturated heterocycles. The molecule has 0 heterocycles. The number of benzene rings is 1. The van der Waals surface area contributed by atoms with Gasteiger partial charge in [-0.2, -0.15) is 0 Å². The molecule has 30 heavy (non-hydrogen) atoms. The van der Waals surface area contributed by atoms with Crippen molar-refractivity contribution in [1.82, 2.24) is 0 Å². The number of rotatable bonds is 21. The Morgan fingerprint density at radius 3 is 1.40 bits per heavy atom. The quantitative estimate of drug-likeness (QED) is 0.188. The van der Waals surface area contributed by atoms with Crippen LogP contribution in [0, 0.1) is 0 Å². The first-order valence-electron chi connectivity index (χ1n) is 12.9. The van der Waals surface area contributed by atoms with E-state index in [1.807, 2.05) is 30.3 Å². The number of aliphatic hydroxyl groups excluding tert-OH is 1. The molecular formula is C27H50N2O. The lowest BCUT2D eigenvalue weighted by molar-refractivity contribution is 0.163. The third-order valence-electron chi connectivity index (χ3n) is 6.27. The fourth-order valence-electron chi connectivity index (χ4n) is 4.24. The predicted octanol–water partition coefficient (Wildman–Crippen LogP) is 7.03. The zero-order valence-corrected chi connectivity index (χ0v) is 19.6. The van der Waals surface area contributed by atoms with Crippen LogP contribution in [-0.4, -0.2) is 17.7 Å². The van der Waals surface area contributed by atoms with Crippen LogP contribution in [0.2, 0.25) is 0 Å². The van der Waals surface area contributed by atoms with E-state index in [2.05, 4.69) is 0 Å². The molecule has 174 valence electrons. The van der Waals surface area contributed by atoms with Crippen LogP contribution in [0.5, 0.6) is 0 Å². The zero-order valence-electron chi connectivity index (χ0n) is 19.6. The highest BCUT2D eigenvalue weighted by molar-refractivity contribution is 5.16. The van der Waals surface area contributed by atoms with Gasteiger partial charge < -0.3 is 16.6 Å². The Balaban J connectivity index is 1.74. The topological polar surface area (TPSA) is 72.3 Å². The van der Waals surface area contributed by atoms with Crippen molar-refractivity contribution in [3.8, 4) is 0 Å². The lowest BCUT2D eigenvalue weighted by Gasteiger charge is -2.10. The van der Waals surface area contributed by atoms with Crippen molar-refractivity contribution in [2.24, 2.45) is 11.5 Å². The first-order chi connectivity index (χ1) is 14.7. The minimum absolute atomic E-state index is 0.286. The van der Waals surface area contributed by atoms with Crippen molar-refractivity contribution >= 4 is 0 Å². The summed E-state index contributed by atoms with van der Waals surface area (Å²) in [5, 5.41) is 10.2. The van der Waals surface area contributed by atoms with Crippen LogP contribution in [-0.2, 0) is 0 Å². The average Bonchev–Trinajstić information content (AvgIpc) is 2.76. The summed E-state index contributed by atoms with van der Waals surface area (Å²) in [5.41, 5.74) is 12.6. The van der Waals surface area contributed by atoms with Gasteiger partial charge in [0.1, 0.15) is 0 Å². The Morgan fingerprint density at radius 1 is 0.567 bits per heavy atom. The maximum Gasteiger partial charge on any atom is 0.0790 e. The normalized spacial score (nSPS) is 13.4. The van der Waals surface area contributed by atoms with Gasteiger partial charge in [-0.1, -0.05) is 127 Å². The van der Waals surface area contributed by atoms with Crippen molar-refractivity contribution in [3.63, 3.8) is 0 Å². The summed E-state index contributed by atoms with van der Waals surface area (Å²) in [5.74, 6) is 0. The van der Waals surface area contributed by atoms with E-state index in [1.165, 1.54) is 89.9 Å². The van der Waals surface area contributed by atoms with E-state index in [4.69, 9.17) is 11.5 Å². The molecule has 0 saturated carbocycles. The molecule has 3 heteroatoms. The molecule has 0 spiro atoms. The molecule has 0 bridgehead atoms. The molecule has 0 radical (unpaired) electrons. The molecule has 0 amide bonds. The molecular weight excluding hydrogens is 368 g/mol. The maximum atomic E-state index is 10.2. The van der Waals surface area contributed by atoms with Crippen molar-refractivity contribution < 1.29 is 5.11 Å². The molecule has 0 aliphatic heterocycles. The Bertz CT molecular complexity index is 465. The first kappa shape index (κ1) is 27.1. The van der Waals surface area contributed by atoms with E-state index in [9.17, 15) is 5.11 Å². The lowest BCUT2D eigenvalue weighted by Crippen LogP contribution is -2.23. The van der Waals surface area contributed by atoms with E-state index >= 15 is 0 Å². The Labute approximate surface area is 187 Å². The summed E-state index contributed by atoms with van der Waals surface area (Å²) in [6.45, 7) is 0.724. The number of nitrogens with two attached hydrogens (primary N) is 2. The summed E-state index contributed by atoms with van der Waals surface area (Å²) in [6.07, 6.45) is 23.0. The van der Waals surface area contributed by atoms with Gasteiger partial charge in [0.15, 0.2) is 0 Å². The van der Waals surface area contributed by atoms with Gasteiger partial charge >= 0.3 is 0 Å². The predicted molar refractivity (Wildman–Crippen MR) is 132 cm³/mol. The fraction of sp³-hybridized carbons (Fsp3) is 0.778. The first-order valence-corrected chi connectivity index (χ1v) is 12.9. The Morgan fingerprint density at radius 2 is 0.967 bits per heavy atom. The Hall–Kier alpha value is -0.900. The van der Waals surface area contributed by atoms with Gasteiger partial charge in [0, 0.05) is 6.04 Å². The summed E-state index contributed by atoms with van der Waals surface area (Å²) in [6, 6.07) is 10.4. The summed E-state index contributed by atoms with van der Waals surface area (Å²) in [4.78, 5) is 0. The van der Waals surface area contributed by atoms with Crippen molar-refractivity contribution in [1.29, 1.82) is 0 Å². The van der Waals surface area contributed by atoms with Gasteiger partial charge in [0.25, 0.3) is 0 Å². The number of hydrogen-bond donors (Lipinski definition) is 3. The van der Waals surface area contributed by atoms with Crippen LogP contribution in [0.4, 0.5) is 0 Å². The largest absolute Gasteiger partial charge is 0.388 e. The molecule has 5 N–H and O–H groups in total. The van der Waals surface area contributed by atoms with Crippen LogP contribution in [0.3, 0.4) is 0 Å². The number of hydrogen-bond acceptors (Lipinski definition) is 3. The van der Waals surface area contributed by atoms with Gasteiger partial charge in [-0.05, 0) is 31.4 Å². The highest BCUT2D eigenvalue weighted by Crippen LogP contribution is 2.20. The van der Waals surface area contributed by atoms with Crippen LogP contribution >= 0.6 is 0 Å². The standard InChI is InChI=1S/C27H50N2O/c28-24-23-26(29)21-17-12-10-8-6-4-2-1-3-5-7-9-11-13-18-22-27(30)25-19-15-14-16-20-25/h14-16,19-20,26-27,30H,1-13,17-18,21-24,28-29H2. The molecule has 1 rings (SSSR count). The van der Waals surface area contributed by atoms with Crippen LogP contribution in [0.15, 0.2) is 30.3 Å². The molecule has 0 aliphatic rings. The van der Waals surface area contributed by atoms with Gasteiger partial charge in [0.05, 0.1) is 6.10 Å². The monoisotopic (exact) mass is 418 g/mol. The minimum Gasteiger partial charge on any atom is -0.388 e. The molecule has 0 aliphatic carbocycles. The van der Waals surface area contributed by atoms with Crippen LogP contribution in [0.1, 0.15) is 127 Å². The second-order valence-electron chi connectivity index (χ2n) is 9.14. The van der Waals surface area contributed by atoms with Crippen molar-refractivity contribution in [2.75, 3.05) is 6.54 Å². The van der Waals surface area contributed by atoms with Gasteiger partial charge in [-0.15, -0.1) is 0 Å². The van der Waals surface area contributed by atoms with Crippen LogP contribution in [0.25, 0.3) is 0 Å². The summed E-state index contributed by atoms with van der Waals surface area (Å²) in [7, 11) is 0. The van der Waals surface area contributed by atoms with Gasteiger partial charge in [-0.25, -0.2) is 0 Å². The highest BCUT2D eigenvalue weighted by Gasteiger charge is 2.05. The number of unbranched alkanes of at least 4 members (excludes halogenated alkanes) is 14. The molecule has 2 atom stereocenters. The second-order valence-corrected chi connectivity index (χ2v) is 9.14. The molecule has 2 unspecified atom stereocenters. The van der Waals surface area contributed by atoms with Gasteiger partial charge in [-0.3, -0.25) is 0 Å². The zero-order chi connectivity index (χ0) is 21.7. The molecule has 3 nitrogen and oxygen atoms in total. The van der Waals surface area contributed by atoms with E-state index in [0.717, 1.165) is 37.8 Å². The highest BCUT2D eigenvalue weighted by atomic mass is 16.3. The van der Waals surface area contributed by atoms with Gasteiger partial charge in [0.2, 0.25) is 0 Å². The van der Waals surface area contributed by atoms with Crippen LogP contribution < -0.4 is 11.5 Å². The molecule has 1 aromatic rings. The maximum absolute atomic E-state index is 10.2. The number of aliphatic hydroxyl groups is 1.